The van der Waals surface area contributed by atoms with Crippen molar-refractivity contribution in [3.63, 3.8) is 0 Å². The number of rotatable bonds is 6. The number of hydrogen-bond donors (Lipinski definition) is 0. The van der Waals surface area contributed by atoms with Gasteiger partial charge in [-0.05, 0) is 49.6 Å². The molecule has 27 heavy (non-hydrogen) atoms. The summed E-state index contributed by atoms with van der Waals surface area (Å²) in [5, 5.41) is 0. The number of carbonyl (C=O) groups excluding carboxylic acids is 2. The number of fused-ring (bicyclic) bond motifs is 1. The van der Waals surface area contributed by atoms with Gasteiger partial charge in [0.1, 0.15) is 0 Å². The molecule has 6 nitrogen and oxygen atoms in total. The van der Waals surface area contributed by atoms with E-state index in [4.69, 9.17) is 14.2 Å². The molecular formula is C21H23NO5. The highest BCUT2D eigenvalue weighted by Crippen LogP contribution is 2.29. The molecule has 0 fully saturated rings. The number of ether oxygens (including phenoxy) is 3. The summed E-state index contributed by atoms with van der Waals surface area (Å²) in [7, 11) is 1.53. The molecule has 142 valence electrons. The Hall–Kier alpha value is -3.02. The lowest BCUT2D eigenvalue weighted by Gasteiger charge is -2.29. The molecule has 1 aliphatic rings. The predicted molar refractivity (Wildman–Crippen MR) is 102 cm³/mol. The molecule has 0 N–H and O–H groups in total. The highest BCUT2D eigenvalue weighted by atomic mass is 16.5. The molecule has 1 aliphatic heterocycles. The number of para-hydroxylation sites is 1. The van der Waals surface area contributed by atoms with Crippen molar-refractivity contribution in [2.75, 3.05) is 31.8 Å². The monoisotopic (exact) mass is 369 g/mol. The quantitative estimate of drug-likeness (QED) is 0.732. The van der Waals surface area contributed by atoms with Crippen LogP contribution in [-0.4, -0.2) is 38.7 Å². The molecule has 2 aromatic carbocycles. The summed E-state index contributed by atoms with van der Waals surface area (Å²) in [6.45, 7) is 2.62. The van der Waals surface area contributed by atoms with Crippen LogP contribution >= 0.6 is 0 Å². The second-order valence-corrected chi connectivity index (χ2v) is 6.15. The molecule has 0 aromatic heterocycles. The van der Waals surface area contributed by atoms with Crippen LogP contribution in [-0.2, 0) is 16.0 Å². The minimum atomic E-state index is -0.572. The van der Waals surface area contributed by atoms with Crippen LogP contribution in [0.1, 0.15) is 29.3 Å². The van der Waals surface area contributed by atoms with Gasteiger partial charge in [0, 0.05) is 12.2 Å². The van der Waals surface area contributed by atoms with Crippen LogP contribution in [0.2, 0.25) is 0 Å². The number of benzene rings is 2. The molecule has 0 atom stereocenters. The van der Waals surface area contributed by atoms with E-state index < -0.39 is 5.97 Å². The Kier molecular flexibility index (Phi) is 5.96. The van der Waals surface area contributed by atoms with E-state index >= 15 is 0 Å². The van der Waals surface area contributed by atoms with Crippen molar-refractivity contribution in [3.05, 3.63) is 53.6 Å². The van der Waals surface area contributed by atoms with Crippen LogP contribution in [0.15, 0.2) is 42.5 Å². The Morgan fingerprint density at radius 2 is 1.93 bits per heavy atom. The molecule has 0 spiro atoms. The first-order valence-electron chi connectivity index (χ1n) is 9.00. The fourth-order valence-corrected chi connectivity index (χ4v) is 3.15. The van der Waals surface area contributed by atoms with Gasteiger partial charge < -0.3 is 19.1 Å². The number of amides is 1. The maximum Gasteiger partial charge on any atom is 0.338 e. The third-order valence-electron chi connectivity index (χ3n) is 4.44. The number of hydrogen-bond acceptors (Lipinski definition) is 5. The summed E-state index contributed by atoms with van der Waals surface area (Å²) >= 11 is 0. The fourth-order valence-electron chi connectivity index (χ4n) is 3.15. The Labute approximate surface area is 158 Å². The topological polar surface area (TPSA) is 65.1 Å². The largest absolute Gasteiger partial charge is 0.493 e. The minimum Gasteiger partial charge on any atom is -0.493 e. The maximum atomic E-state index is 12.6. The average molecular weight is 369 g/mol. The van der Waals surface area contributed by atoms with E-state index in [0.29, 0.717) is 30.2 Å². The second-order valence-electron chi connectivity index (χ2n) is 6.15. The van der Waals surface area contributed by atoms with Crippen LogP contribution in [0.25, 0.3) is 0 Å². The van der Waals surface area contributed by atoms with E-state index in [1.807, 2.05) is 31.2 Å². The van der Waals surface area contributed by atoms with Gasteiger partial charge in [0.15, 0.2) is 18.1 Å². The second kappa shape index (κ2) is 8.58. The minimum absolute atomic E-state index is 0.228. The molecule has 2 aromatic rings. The molecule has 0 saturated heterocycles. The standard InChI is InChI=1S/C21H23NO5/c1-3-26-19-13-16(10-11-18(19)25-2)21(24)27-14-20(23)22-12-6-8-15-7-4-5-9-17(15)22/h4-5,7,9-11,13H,3,6,8,12,14H2,1-2H3. The zero-order chi connectivity index (χ0) is 19.2. The molecule has 0 aliphatic carbocycles. The zero-order valence-electron chi connectivity index (χ0n) is 15.6. The summed E-state index contributed by atoms with van der Waals surface area (Å²) in [6.07, 6.45) is 1.85. The molecule has 0 unspecified atom stereocenters. The lowest BCUT2D eigenvalue weighted by Crippen LogP contribution is -2.38. The molecular weight excluding hydrogens is 346 g/mol. The third-order valence-corrected chi connectivity index (χ3v) is 4.44. The van der Waals surface area contributed by atoms with Crippen LogP contribution < -0.4 is 14.4 Å². The first-order valence-corrected chi connectivity index (χ1v) is 9.00. The highest BCUT2D eigenvalue weighted by Gasteiger charge is 2.23. The third kappa shape index (κ3) is 4.22. The average Bonchev–Trinajstić information content (AvgIpc) is 2.71. The number of nitrogens with zero attached hydrogens (tertiary/aromatic N) is 1. The molecule has 1 amide bonds. The van der Waals surface area contributed by atoms with Crippen molar-refractivity contribution >= 4 is 17.6 Å². The normalized spacial score (nSPS) is 12.9. The van der Waals surface area contributed by atoms with Crippen molar-refractivity contribution in [1.82, 2.24) is 0 Å². The molecule has 6 heteroatoms. The van der Waals surface area contributed by atoms with E-state index in [-0.39, 0.29) is 12.5 Å². The van der Waals surface area contributed by atoms with E-state index in [9.17, 15) is 9.59 Å². The first kappa shape index (κ1) is 18.8. The Morgan fingerprint density at radius 3 is 2.70 bits per heavy atom. The molecule has 0 bridgehead atoms. The van der Waals surface area contributed by atoms with E-state index in [1.165, 1.54) is 7.11 Å². The lowest BCUT2D eigenvalue weighted by molar-refractivity contribution is -0.121. The van der Waals surface area contributed by atoms with Gasteiger partial charge in [-0.2, -0.15) is 0 Å². The zero-order valence-corrected chi connectivity index (χ0v) is 15.6. The van der Waals surface area contributed by atoms with E-state index in [0.717, 1.165) is 24.1 Å². The molecule has 1 heterocycles. The van der Waals surface area contributed by atoms with Crippen molar-refractivity contribution in [3.8, 4) is 11.5 Å². The number of aryl methyl sites for hydroxylation is 1. The molecule has 0 radical (unpaired) electrons. The van der Waals surface area contributed by atoms with E-state index in [2.05, 4.69) is 0 Å². The number of esters is 1. The van der Waals surface area contributed by atoms with E-state index in [1.54, 1.807) is 23.1 Å². The van der Waals surface area contributed by atoms with Crippen LogP contribution in [0.4, 0.5) is 5.69 Å². The predicted octanol–water partition coefficient (Wildman–Crippen LogP) is 3.23. The Morgan fingerprint density at radius 1 is 1.11 bits per heavy atom. The van der Waals surface area contributed by atoms with Crippen LogP contribution in [0.5, 0.6) is 11.5 Å². The summed E-state index contributed by atoms with van der Waals surface area (Å²) in [5.41, 5.74) is 2.35. The Bertz CT molecular complexity index is 833. The molecule has 3 rings (SSSR count). The number of anilines is 1. The van der Waals surface area contributed by atoms with Crippen molar-refractivity contribution < 1.29 is 23.8 Å². The highest BCUT2D eigenvalue weighted by molar-refractivity contribution is 5.98. The van der Waals surface area contributed by atoms with Crippen molar-refractivity contribution in [1.29, 1.82) is 0 Å². The summed E-state index contributed by atoms with van der Waals surface area (Å²) in [6, 6.07) is 12.6. The number of carbonyl (C=O) groups is 2. The van der Waals surface area contributed by atoms with Gasteiger partial charge in [-0.3, -0.25) is 4.79 Å². The van der Waals surface area contributed by atoms with Crippen LogP contribution in [0, 0.1) is 0 Å². The van der Waals surface area contributed by atoms with Gasteiger partial charge in [-0.15, -0.1) is 0 Å². The van der Waals surface area contributed by atoms with Gasteiger partial charge in [0.25, 0.3) is 5.91 Å². The van der Waals surface area contributed by atoms with Crippen molar-refractivity contribution in [2.45, 2.75) is 19.8 Å². The van der Waals surface area contributed by atoms with Gasteiger partial charge in [-0.25, -0.2) is 4.79 Å². The summed E-state index contributed by atoms with van der Waals surface area (Å²) in [4.78, 5) is 26.6. The summed E-state index contributed by atoms with van der Waals surface area (Å²) in [5.74, 6) is 0.200. The SMILES string of the molecule is CCOc1cc(C(=O)OCC(=O)N2CCCc3ccccc32)ccc1OC. The number of methoxy groups -OCH3 is 1. The summed E-state index contributed by atoms with van der Waals surface area (Å²) < 4.78 is 15.9. The van der Waals surface area contributed by atoms with Crippen LogP contribution in [0.3, 0.4) is 0 Å². The fraction of sp³-hybridized carbons (Fsp3) is 0.333. The lowest BCUT2D eigenvalue weighted by atomic mass is 10.0. The Balaban J connectivity index is 1.66. The maximum absolute atomic E-state index is 12.6. The van der Waals surface area contributed by atoms with Gasteiger partial charge in [-0.1, -0.05) is 18.2 Å². The van der Waals surface area contributed by atoms with Gasteiger partial charge >= 0.3 is 5.97 Å². The van der Waals surface area contributed by atoms with Gasteiger partial charge in [0.2, 0.25) is 0 Å². The molecule has 0 saturated carbocycles. The first-order chi connectivity index (χ1) is 13.1. The smallest absolute Gasteiger partial charge is 0.338 e. The van der Waals surface area contributed by atoms with Crippen molar-refractivity contribution in [2.24, 2.45) is 0 Å². The van der Waals surface area contributed by atoms with Gasteiger partial charge in [0.05, 0.1) is 19.3 Å².